The summed E-state index contributed by atoms with van der Waals surface area (Å²) in [6.45, 7) is -0.500. The van der Waals surface area contributed by atoms with Gasteiger partial charge in [0.2, 0.25) is 0 Å². The van der Waals surface area contributed by atoms with Crippen LogP contribution in [0.3, 0.4) is 0 Å². The molecule has 0 heterocycles. The van der Waals surface area contributed by atoms with Crippen LogP contribution in [-0.2, 0) is 4.79 Å². The van der Waals surface area contributed by atoms with E-state index in [0.717, 1.165) is 0 Å². The van der Waals surface area contributed by atoms with Gasteiger partial charge in [0.15, 0.2) is 0 Å². The fourth-order valence-electron chi connectivity index (χ4n) is 0. The van der Waals surface area contributed by atoms with Gasteiger partial charge in [-0.15, -0.1) is 0 Å². The first kappa shape index (κ1) is 16.3. The average Bonchev–Trinajstić information content (AvgIpc) is 0.918. The van der Waals surface area contributed by atoms with Crippen LogP contribution in [0.5, 0.6) is 0 Å². The van der Waals surface area contributed by atoms with Gasteiger partial charge < -0.3 is 22.3 Å². The Kier molecular flexibility index (Phi) is 61.3. The molecule has 0 rings (SSSR count). The van der Waals surface area contributed by atoms with Gasteiger partial charge in [-0.25, -0.2) is 0 Å². The molecular weight excluding hydrogens is 167 g/mol. The molecule has 0 aliphatic carbocycles. The van der Waals surface area contributed by atoms with Crippen LogP contribution in [-0.4, -0.2) is 52.0 Å². The fraction of sp³-hybridized carbons (Fsp3) is 0. The second-order valence-electron chi connectivity index (χ2n) is 0.0962. The number of hydrogen-bond donors (Lipinski definition) is 0. The molecule has 26 valence electrons. The van der Waals surface area contributed by atoms with E-state index in [1.54, 1.807) is 0 Å². The zero-order valence-corrected chi connectivity index (χ0v) is 6.71. The van der Waals surface area contributed by atoms with Crippen LogP contribution in [0.4, 0.5) is 0 Å². The van der Waals surface area contributed by atoms with E-state index in [2.05, 4.69) is 0 Å². The van der Waals surface area contributed by atoms with Gasteiger partial charge in [-0.05, 0) is 0 Å². The zero-order chi connectivity index (χ0) is 2.71. The molecule has 0 radical (unpaired) electrons. The second-order valence-corrected chi connectivity index (χ2v) is 0.0962. The van der Waals surface area contributed by atoms with Gasteiger partial charge in [-0.2, -0.15) is 0 Å². The Labute approximate surface area is 73.2 Å². The number of halogens is 1. The molecule has 0 aromatic rings. The molecule has 0 N–H and O–H groups in total. The first-order valence-electron chi connectivity index (χ1n) is 0.471. The maximum atomic E-state index is 8.25. The molecule has 0 saturated heterocycles. The maximum absolute atomic E-state index is 8.25. The molecular formula is CHClO2Sr. The van der Waals surface area contributed by atoms with Crippen molar-refractivity contribution in [3.05, 3.63) is 0 Å². The van der Waals surface area contributed by atoms with Crippen molar-refractivity contribution < 1.29 is 22.3 Å². The topological polar surface area (TPSA) is 40.1 Å². The number of carboxylic acid groups (broad SMARTS) is 1. The molecule has 0 aromatic heterocycles. The molecule has 5 heavy (non-hydrogen) atoms. The summed E-state index contributed by atoms with van der Waals surface area (Å²) in [6.07, 6.45) is 0. The Morgan fingerprint density at radius 2 is 1.60 bits per heavy atom. The van der Waals surface area contributed by atoms with Crippen LogP contribution in [0, 0.1) is 0 Å². The van der Waals surface area contributed by atoms with Gasteiger partial charge in [-0.3, -0.25) is 0 Å². The van der Waals surface area contributed by atoms with Crippen molar-refractivity contribution in [2.24, 2.45) is 0 Å². The fourth-order valence-corrected chi connectivity index (χ4v) is 0. The summed E-state index contributed by atoms with van der Waals surface area (Å²) >= 11 is 0. The van der Waals surface area contributed by atoms with Crippen molar-refractivity contribution in [3.63, 3.8) is 0 Å². The molecule has 0 aliphatic rings. The van der Waals surface area contributed by atoms with E-state index in [1.807, 2.05) is 0 Å². The van der Waals surface area contributed by atoms with Crippen LogP contribution < -0.4 is 17.5 Å². The zero-order valence-electron chi connectivity index (χ0n) is 2.48. The van der Waals surface area contributed by atoms with E-state index in [9.17, 15) is 0 Å². The van der Waals surface area contributed by atoms with E-state index in [0.29, 0.717) is 0 Å². The van der Waals surface area contributed by atoms with E-state index >= 15 is 0 Å². The van der Waals surface area contributed by atoms with E-state index in [1.165, 1.54) is 0 Å². The Morgan fingerprint density at radius 1 is 1.60 bits per heavy atom. The first-order chi connectivity index (χ1) is 1.41. The van der Waals surface area contributed by atoms with Gasteiger partial charge in [-0.1, -0.05) is 0 Å². The average molecular weight is 168 g/mol. The minimum Gasteiger partial charge on any atom is -1.00 e. The summed E-state index contributed by atoms with van der Waals surface area (Å²) in [5, 5.41) is 8.25. The second kappa shape index (κ2) is 18.8. The summed E-state index contributed by atoms with van der Waals surface area (Å²) in [6, 6.07) is 0. The molecule has 0 aliphatic heterocycles. The minimum atomic E-state index is -0.500. The Hall–Kier alpha value is 1.24. The number of carbonyl (C=O) groups is 1. The number of hydrogen-bond acceptors (Lipinski definition) is 2. The van der Waals surface area contributed by atoms with E-state index in [4.69, 9.17) is 9.90 Å². The molecule has 4 heteroatoms. The Morgan fingerprint density at radius 3 is 1.60 bits per heavy atom. The van der Waals surface area contributed by atoms with Crippen molar-refractivity contribution >= 4 is 52.0 Å². The third-order valence-corrected chi connectivity index (χ3v) is 0. The van der Waals surface area contributed by atoms with Gasteiger partial charge >= 0.3 is 45.5 Å². The summed E-state index contributed by atoms with van der Waals surface area (Å²) < 4.78 is 0. The minimum absolute atomic E-state index is 0. The van der Waals surface area contributed by atoms with Crippen molar-refractivity contribution in [1.29, 1.82) is 0 Å². The molecule has 0 atom stereocenters. The van der Waals surface area contributed by atoms with Crippen LogP contribution in [0.1, 0.15) is 0 Å². The standard InChI is InChI=1S/CH2O2.ClH.Sr/c2-1-3;;/h1H,(H,2,3);1H;/q;;+2/p-2. The summed E-state index contributed by atoms with van der Waals surface area (Å²) in [5.74, 6) is 0. The van der Waals surface area contributed by atoms with Gasteiger partial charge in [0.05, 0.1) is 0 Å². The third-order valence-electron chi connectivity index (χ3n) is 0. The van der Waals surface area contributed by atoms with Crippen molar-refractivity contribution in [2.75, 3.05) is 0 Å². The van der Waals surface area contributed by atoms with Gasteiger partial charge in [0.1, 0.15) is 0 Å². The molecule has 0 aromatic carbocycles. The third kappa shape index (κ3) is 35.8. The van der Waals surface area contributed by atoms with Crippen LogP contribution in [0.15, 0.2) is 0 Å². The molecule has 0 bridgehead atoms. The molecule has 0 amide bonds. The normalized spacial score (nSPS) is 2.40. The molecule has 0 spiro atoms. The van der Waals surface area contributed by atoms with Gasteiger partial charge in [0, 0.05) is 6.47 Å². The van der Waals surface area contributed by atoms with Crippen molar-refractivity contribution in [1.82, 2.24) is 0 Å². The van der Waals surface area contributed by atoms with Crippen molar-refractivity contribution in [3.8, 4) is 0 Å². The van der Waals surface area contributed by atoms with Crippen molar-refractivity contribution in [2.45, 2.75) is 0 Å². The molecule has 0 unspecified atom stereocenters. The first-order valence-corrected chi connectivity index (χ1v) is 0.471. The molecule has 0 saturated carbocycles. The smallest absolute Gasteiger partial charge is 1.00 e. The summed E-state index contributed by atoms with van der Waals surface area (Å²) in [7, 11) is 0. The molecule has 2 nitrogen and oxygen atoms in total. The predicted octanol–water partition coefficient (Wildman–Crippen LogP) is -5.01. The van der Waals surface area contributed by atoms with Crippen LogP contribution in [0.25, 0.3) is 0 Å². The van der Waals surface area contributed by atoms with Crippen LogP contribution >= 0.6 is 0 Å². The number of rotatable bonds is 0. The number of carbonyl (C=O) groups excluding carboxylic acids is 1. The summed E-state index contributed by atoms with van der Waals surface area (Å²) in [4.78, 5) is 8.25. The quantitative estimate of drug-likeness (QED) is 0.268. The van der Waals surface area contributed by atoms with Crippen LogP contribution in [0.2, 0.25) is 0 Å². The Bertz CT molecular complexity index is 17.1. The monoisotopic (exact) mass is 168 g/mol. The predicted molar refractivity (Wildman–Crippen MR) is 11.8 cm³/mol. The Balaban J connectivity index is -0.0000000200. The van der Waals surface area contributed by atoms with Gasteiger partial charge in [0.25, 0.3) is 0 Å². The van der Waals surface area contributed by atoms with E-state index < -0.39 is 6.47 Å². The largest absolute Gasteiger partial charge is 2.00 e. The maximum Gasteiger partial charge on any atom is 2.00 e. The SMILES string of the molecule is O=C[O-].[Cl-].[Sr+2]. The summed E-state index contributed by atoms with van der Waals surface area (Å²) in [5.41, 5.74) is 0. The van der Waals surface area contributed by atoms with E-state index in [-0.39, 0.29) is 57.9 Å². The molecule has 0 fully saturated rings.